The molecule has 1 aromatic heterocycles. The van der Waals surface area contributed by atoms with Crippen LogP contribution in [0.25, 0.3) is 11.5 Å². The molecule has 3 heteroatoms. The number of benzene rings is 1. The first-order valence-corrected chi connectivity index (χ1v) is 9.68. The Morgan fingerprint density at radius 2 is 1.68 bits per heavy atom. The highest BCUT2D eigenvalue weighted by Crippen LogP contribution is 2.46. The minimum atomic E-state index is 0.214. The molecule has 2 aliphatic rings. The van der Waals surface area contributed by atoms with E-state index in [0.717, 1.165) is 43.1 Å². The van der Waals surface area contributed by atoms with Gasteiger partial charge < -0.3 is 9.73 Å². The summed E-state index contributed by atoms with van der Waals surface area (Å²) in [6, 6.07) is 6.83. The predicted octanol–water partition coefficient (Wildman–Crippen LogP) is 5.16. The molecule has 1 aliphatic heterocycles. The van der Waals surface area contributed by atoms with Gasteiger partial charge in [0.15, 0.2) is 0 Å². The van der Waals surface area contributed by atoms with Crippen LogP contribution < -0.4 is 5.32 Å². The lowest BCUT2D eigenvalue weighted by Crippen LogP contribution is -2.33. The molecular weight excluding hydrogens is 308 g/mol. The van der Waals surface area contributed by atoms with Crippen molar-refractivity contribution < 1.29 is 4.42 Å². The Hall–Kier alpha value is -1.61. The van der Waals surface area contributed by atoms with Crippen LogP contribution in [-0.4, -0.2) is 18.1 Å². The van der Waals surface area contributed by atoms with Crippen molar-refractivity contribution in [1.82, 2.24) is 10.3 Å². The second-order valence-corrected chi connectivity index (χ2v) is 9.13. The number of hydrogen-bond acceptors (Lipinski definition) is 3. The van der Waals surface area contributed by atoms with Gasteiger partial charge >= 0.3 is 0 Å². The molecule has 0 atom stereocenters. The van der Waals surface area contributed by atoms with Crippen LogP contribution in [0.15, 0.2) is 28.9 Å². The van der Waals surface area contributed by atoms with Gasteiger partial charge in [0.2, 0.25) is 5.89 Å². The van der Waals surface area contributed by atoms with Gasteiger partial charge in [-0.15, -0.1) is 0 Å². The maximum atomic E-state index is 5.88. The number of hydrogen-bond donors (Lipinski definition) is 1. The Morgan fingerprint density at radius 1 is 1.00 bits per heavy atom. The molecule has 1 aliphatic carbocycles. The average molecular weight is 338 g/mol. The first-order chi connectivity index (χ1) is 11.9. The first kappa shape index (κ1) is 16.8. The van der Waals surface area contributed by atoms with E-state index in [4.69, 9.17) is 9.40 Å². The van der Waals surface area contributed by atoms with E-state index in [2.05, 4.69) is 51.2 Å². The lowest BCUT2D eigenvalue weighted by Gasteiger charge is -2.42. The molecule has 4 rings (SSSR count). The van der Waals surface area contributed by atoms with Gasteiger partial charge in [0.25, 0.3) is 0 Å². The van der Waals surface area contributed by atoms with E-state index in [1.54, 1.807) is 0 Å². The molecule has 2 heterocycles. The Morgan fingerprint density at radius 3 is 2.40 bits per heavy atom. The second-order valence-electron chi connectivity index (χ2n) is 9.13. The van der Waals surface area contributed by atoms with Gasteiger partial charge in [-0.05, 0) is 72.9 Å². The minimum Gasteiger partial charge on any atom is -0.444 e. The summed E-state index contributed by atoms with van der Waals surface area (Å²) in [6.45, 7) is 11.6. The highest BCUT2D eigenvalue weighted by atomic mass is 16.3. The van der Waals surface area contributed by atoms with Gasteiger partial charge in [-0.1, -0.05) is 33.8 Å². The molecule has 134 valence electrons. The fourth-order valence-corrected chi connectivity index (χ4v) is 4.45. The third-order valence-corrected chi connectivity index (χ3v) is 6.38. The molecule has 1 aromatic carbocycles. The molecule has 2 aromatic rings. The van der Waals surface area contributed by atoms with Crippen molar-refractivity contribution in [1.29, 1.82) is 0 Å². The second kappa shape index (κ2) is 5.98. The van der Waals surface area contributed by atoms with Crippen LogP contribution in [-0.2, 0) is 10.8 Å². The number of piperidine rings is 1. The monoisotopic (exact) mass is 338 g/mol. The van der Waals surface area contributed by atoms with Crippen LogP contribution >= 0.6 is 0 Å². The Bertz CT molecular complexity index is 766. The summed E-state index contributed by atoms with van der Waals surface area (Å²) < 4.78 is 5.88. The number of rotatable bonds is 2. The van der Waals surface area contributed by atoms with Crippen LogP contribution in [0.4, 0.5) is 0 Å². The van der Waals surface area contributed by atoms with Gasteiger partial charge in [-0.3, -0.25) is 0 Å². The molecule has 0 spiro atoms. The number of nitrogens with zero attached hydrogens (tertiary/aromatic N) is 1. The molecule has 0 unspecified atom stereocenters. The van der Waals surface area contributed by atoms with E-state index < -0.39 is 0 Å². The lowest BCUT2D eigenvalue weighted by molar-refractivity contribution is 0.332. The molecule has 1 N–H and O–H groups in total. The summed E-state index contributed by atoms with van der Waals surface area (Å²) in [5.41, 5.74) is 5.64. The zero-order valence-corrected chi connectivity index (χ0v) is 16.0. The highest BCUT2D eigenvalue weighted by molar-refractivity contribution is 5.59. The smallest absolute Gasteiger partial charge is 0.226 e. The topological polar surface area (TPSA) is 38.1 Å². The lowest BCUT2D eigenvalue weighted by atomic mass is 9.63. The Kier molecular flexibility index (Phi) is 4.03. The number of fused-ring (bicyclic) bond motifs is 1. The van der Waals surface area contributed by atoms with Gasteiger partial charge in [0, 0.05) is 11.5 Å². The minimum absolute atomic E-state index is 0.214. The summed E-state index contributed by atoms with van der Waals surface area (Å²) in [7, 11) is 0. The molecule has 0 saturated carbocycles. The van der Waals surface area contributed by atoms with E-state index >= 15 is 0 Å². The highest BCUT2D eigenvalue weighted by Gasteiger charge is 2.37. The standard InChI is InChI=1S/C22H30N2O/c1-21(2)9-10-22(3,4)18-13-16(5-6-17(18)21)20-24-19(14-25-20)15-7-11-23-12-8-15/h5-6,13-15,23H,7-12H2,1-4H3. The van der Waals surface area contributed by atoms with Crippen LogP contribution in [0.3, 0.4) is 0 Å². The van der Waals surface area contributed by atoms with Crippen LogP contribution in [0.2, 0.25) is 0 Å². The van der Waals surface area contributed by atoms with Gasteiger partial charge in [0.05, 0.1) is 5.69 Å². The maximum absolute atomic E-state index is 5.88. The summed E-state index contributed by atoms with van der Waals surface area (Å²) in [5.74, 6) is 1.31. The molecule has 0 bridgehead atoms. The van der Waals surface area contributed by atoms with Crippen LogP contribution in [0.1, 0.15) is 76.1 Å². The zero-order chi connectivity index (χ0) is 17.7. The Balaban J connectivity index is 1.69. The summed E-state index contributed by atoms with van der Waals surface area (Å²) in [6.07, 6.45) is 6.64. The summed E-state index contributed by atoms with van der Waals surface area (Å²) in [5, 5.41) is 3.42. The third kappa shape index (κ3) is 3.03. The molecule has 25 heavy (non-hydrogen) atoms. The van der Waals surface area contributed by atoms with Crippen molar-refractivity contribution in [3.63, 3.8) is 0 Å². The molecule has 0 amide bonds. The van der Waals surface area contributed by atoms with Gasteiger partial charge in [-0.25, -0.2) is 4.98 Å². The molecule has 3 nitrogen and oxygen atoms in total. The number of aromatic nitrogens is 1. The molecular formula is C22H30N2O. The van der Waals surface area contributed by atoms with Crippen LogP contribution in [0.5, 0.6) is 0 Å². The zero-order valence-electron chi connectivity index (χ0n) is 16.0. The molecule has 0 radical (unpaired) electrons. The van der Waals surface area contributed by atoms with Crippen molar-refractivity contribution in [3.8, 4) is 11.5 Å². The van der Waals surface area contributed by atoms with E-state index in [1.165, 1.54) is 24.0 Å². The largest absolute Gasteiger partial charge is 0.444 e. The van der Waals surface area contributed by atoms with Crippen LogP contribution in [0, 0.1) is 0 Å². The summed E-state index contributed by atoms with van der Waals surface area (Å²) >= 11 is 0. The SMILES string of the molecule is CC1(C)CCC(C)(C)c2cc(-c3nc(C4CCNCC4)co3)ccc21. The van der Waals surface area contributed by atoms with Crippen molar-refractivity contribution >= 4 is 0 Å². The molecule has 1 fully saturated rings. The average Bonchev–Trinajstić information content (AvgIpc) is 3.10. The summed E-state index contributed by atoms with van der Waals surface area (Å²) in [4.78, 5) is 4.84. The van der Waals surface area contributed by atoms with Crippen molar-refractivity contribution in [2.24, 2.45) is 0 Å². The van der Waals surface area contributed by atoms with Crippen molar-refractivity contribution in [3.05, 3.63) is 41.3 Å². The fourth-order valence-electron chi connectivity index (χ4n) is 4.45. The van der Waals surface area contributed by atoms with E-state index in [-0.39, 0.29) is 10.8 Å². The van der Waals surface area contributed by atoms with E-state index in [9.17, 15) is 0 Å². The van der Waals surface area contributed by atoms with E-state index in [0.29, 0.717) is 5.92 Å². The third-order valence-electron chi connectivity index (χ3n) is 6.38. The number of nitrogens with one attached hydrogen (secondary N) is 1. The number of oxazole rings is 1. The first-order valence-electron chi connectivity index (χ1n) is 9.68. The maximum Gasteiger partial charge on any atom is 0.226 e. The van der Waals surface area contributed by atoms with Crippen molar-refractivity contribution in [2.45, 2.75) is 70.1 Å². The predicted molar refractivity (Wildman–Crippen MR) is 102 cm³/mol. The van der Waals surface area contributed by atoms with Crippen molar-refractivity contribution in [2.75, 3.05) is 13.1 Å². The van der Waals surface area contributed by atoms with E-state index in [1.807, 2.05) is 6.26 Å². The van der Waals surface area contributed by atoms with Gasteiger partial charge in [-0.2, -0.15) is 0 Å². The Labute approximate surface area is 151 Å². The molecule has 1 saturated heterocycles. The quantitative estimate of drug-likeness (QED) is 0.822. The van der Waals surface area contributed by atoms with Gasteiger partial charge in [0.1, 0.15) is 6.26 Å². The fraction of sp³-hybridized carbons (Fsp3) is 0.591. The normalized spacial score (nSPS) is 22.6.